The van der Waals surface area contributed by atoms with Gasteiger partial charge in [-0.25, -0.2) is 0 Å². The molecule has 0 saturated carbocycles. The average Bonchev–Trinajstić information content (AvgIpc) is 3.13. The zero-order chi connectivity index (χ0) is 16.4. The fourth-order valence-corrected chi connectivity index (χ4v) is 3.11. The van der Waals surface area contributed by atoms with Crippen LogP contribution in [-0.2, 0) is 4.74 Å². The minimum absolute atomic E-state index is 0.133. The predicted molar refractivity (Wildman–Crippen MR) is 96.0 cm³/mol. The van der Waals surface area contributed by atoms with Crippen LogP contribution < -0.4 is 5.32 Å². The van der Waals surface area contributed by atoms with Crippen molar-refractivity contribution >= 4 is 11.6 Å². The predicted octanol–water partition coefficient (Wildman–Crippen LogP) is 4.06. The van der Waals surface area contributed by atoms with E-state index in [0.29, 0.717) is 5.02 Å². The number of hydrogen-bond donors (Lipinski definition) is 2. The molecule has 2 aromatic carbocycles. The minimum atomic E-state index is 0.133. The summed E-state index contributed by atoms with van der Waals surface area (Å²) < 4.78 is 5.79. The van der Waals surface area contributed by atoms with Gasteiger partial charge in [0.2, 0.25) is 0 Å². The number of aromatic amines is 1. The van der Waals surface area contributed by atoms with E-state index in [0.717, 1.165) is 42.2 Å². The number of benzene rings is 2. The van der Waals surface area contributed by atoms with Crippen molar-refractivity contribution in [3.63, 3.8) is 0 Å². The van der Waals surface area contributed by atoms with E-state index in [1.807, 2.05) is 30.3 Å². The molecule has 1 aliphatic heterocycles. The Bertz CT molecular complexity index is 823. The molecule has 24 heavy (non-hydrogen) atoms. The van der Waals surface area contributed by atoms with Gasteiger partial charge in [-0.15, -0.1) is 0 Å². The fourth-order valence-electron chi connectivity index (χ4n) is 2.92. The van der Waals surface area contributed by atoms with E-state index in [1.165, 1.54) is 5.56 Å². The second kappa shape index (κ2) is 6.77. The first-order valence-corrected chi connectivity index (χ1v) is 8.41. The fraction of sp³-hybridized carbons (Fsp3) is 0.211. The molecule has 0 radical (unpaired) electrons. The lowest BCUT2D eigenvalue weighted by molar-refractivity contribution is 0.0277. The first-order chi connectivity index (χ1) is 11.8. The van der Waals surface area contributed by atoms with E-state index >= 15 is 0 Å². The highest BCUT2D eigenvalue weighted by Gasteiger charge is 2.15. The summed E-state index contributed by atoms with van der Waals surface area (Å²) in [5, 5.41) is 11.6. The lowest BCUT2D eigenvalue weighted by atomic mass is 10.0. The van der Waals surface area contributed by atoms with Gasteiger partial charge in [0.1, 0.15) is 0 Å². The van der Waals surface area contributed by atoms with Gasteiger partial charge >= 0.3 is 0 Å². The van der Waals surface area contributed by atoms with Gasteiger partial charge in [-0.05, 0) is 23.8 Å². The third-order valence-corrected chi connectivity index (χ3v) is 4.45. The standard InChI is InChI=1S/C19H18ClN3O/c20-16-3-1-2-15(10-16)18-11-17(22-23-18)13-4-6-14(7-5-13)19-12-21-8-9-24-19/h1-7,10-11,19,21H,8-9,12H2,(H,22,23). The molecule has 4 rings (SSSR count). The number of H-pyrrole nitrogens is 1. The highest BCUT2D eigenvalue weighted by Crippen LogP contribution is 2.27. The summed E-state index contributed by atoms with van der Waals surface area (Å²) in [4.78, 5) is 0. The van der Waals surface area contributed by atoms with Crippen molar-refractivity contribution in [2.24, 2.45) is 0 Å². The number of halogens is 1. The SMILES string of the molecule is Clc1cccc(-c2cc(-c3ccc(C4CNCCO4)cc3)n[nH]2)c1. The molecule has 1 aliphatic rings. The molecule has 4 nitrogen and oxygen atoms in total. The van der Waals surface area contributed by atoms with E-state index in [9.17, 15) is 0 Å². The van der Waals surface area contributed by atoms with E-state index in [2.05, 4.69) is 39.8 Å². The second-order valence-electron chi connectivity index (χ2n) is 5.86. The number of nitrogens with zero attached hydrogens (tertiary/aromatic N) is 1. The number of morpholine rings is 1. The summed E-state index contributed by atoms with van der Waals surface area (Å²) in [5.41, 5.74) is 5.17. The van der Waals surface area contributed by atoms with Crippen LogP contribution in [0.2, 0.25) is 5.02 Å². The largest absolute Gasteiger partial charge is 0.371 e. The molecule has 122 valence electrons. The van der Waals surface area contributed by atoms with Crippen molar-refractivity contribution < 1.29 is 4.74 Å². The van der Waals surface area contributed by atoms with Gasteiger partial charge in [0.25, 0.3) is 0 Å². The van der Waals surface area contributed by atoms with Crippen LogP contribution in [0.25, 0.3) is 22.5 Å². The number of ether oxygens (including phenoxy) is 1. The third kappa shape index (κ3) is 3.22. The number of nitrogens with one attached hydrogen (secondary N) is 2. The summed E-state index contributed by atoms with van der Waals surface area (Å²) in [6, 6.07) is 18.2. The lowest BCUT2D eigenvalue weighted by Crippen LogP contribution is -2.33. The van der Waals surface area contributed by atoms with Gasteiger partial charge in [0, 0.05) is 29.2 Å². The zero-order valence-electron chi connectivity index (χ0n) is 13.1. The van der Waals surface area contributed by atoms with Gasteiger partial charge in [-0.2, -0.15) is 5.10 Å². The van der Waals surface area contributed by atoms with Gasteiger partial charge in [-0.3, -0.25) is 5.10 Å². The zero-order valence-corrected chi connectivity index (χ0v) is 13.9. The maximum Gasteiger partial charge on any atom is 0.0949 e. The minimum Gasteiger partial charge on any atom is -0.371 e. The Morgan fingerprint density at radius 2 is 1.92 bits per heavy atom. The lowest BCUT2D eigenvalue weighted by Gasteiger charge is -2.24. The average molecular weight is 340 g/mol. The first kappa shape index (κ1) is 15.4. The van der Waals surface area contributed by atoms with Crippen molar-refractivity contribution in [3.05, 3.63) is 65.2 Å². The second-order valence-corrected chi connectivity index (χ2v) is 6.30. The van der Waals surface area contributed by atoms with E-state index in [-0.39, 0.29) is 6.10 Å². The molecule has 1 fully saturated rings. The molecule has 2 N–H and O–H groups in total. The smallest absolute Gasteiger partial charge is 0.0949 e. The van der Waals surface area contributed by atoms with E-state index in [1.54, 1.807) is 0 Å². The molecular formula is C19H18ClN3O. The van der Waals surface area contributed by atoms with Gasteiger partial charge in [-0.1, -0.05) is 48.0 Å². The Balaban J connectivity index is 1.56. The summed E-state index contributed by atoms with van der Waals surface area (Å²) in [7, 11) is 0. The molecule has 1 saturated heterocycles. The molecule has 5 heteroatoms. The van der Waals surface area contributed by atoms with Crippen molar-refractivity contribution in [1.29, 1.82) is 0 Å². The molecular weight excluding hydrogens is 322 g/mol. The summed E-state index contributed by atoms with van der Waals surface area (Å²) in [6.07, 6.45) is 0.133. The summed E-state index contributed by atoms with van der Waals surface area (Å²) in [6.45, 7) is 2.55. The normalized spacial score (nSPS) is 17.8. The highest BCUT2D eigenvalue weighted by molar-refractivity contribution is 6.30. The maximum absolute atomic E-state index is 6.06. The van der Waals surface area contributed by atoms with Crippen molar-refractivity contribution in [1.82, 2.24) is 15.5 Å². The number of rotatable bonds is 3. The van der Waals surface area contributed by atoms with E-state index < -0.39 is 0 Å². The van der Waals surface area contributed by atoms with Crippen LogP contribution in [0, 0.1) is 0 Å². The van der Waals surface area contributed by atoms with Crippen molar-refractivity contribution in [2.75, 3.05) is 19.7 Å². The van der Waals surface area contributed by atoms with Gasteiger partial charge in [0.05, 0.1) is 24.1 Å². The molecule has 0 amide bonds. The third-order valence-electron chi connectivity index (χ3n) is 4.22. The number of hydrogen-bond acceptors (Lipinski definition) is 3. The number of aromatic nitrogens is 2. The van der Waals surface area contributed by atoms with Crippen molar-refractivity contribution in [3.8, 4) is 22.5 Å². The Morgan fingerprint density at radius 3 is 2.67 bits per heavy atom. The Kier molecular flexibility index (Phi) is 4.34. The van der Waals surface area contributed by atoms with Crippen LogP contribution in [0.4, 0.5) is 0 Å². The van der Waals surface area contributed by atoms with Gasteiger partial charge in [0.15, 0.2) is 0 Å². The van der Waals surface area contributed by atoms with Crippen LogP contribution in [0.1, 0.15) is 11.7 Å². The quantitative estimate of drug-likeness (QED) is 0.756. The molecule has 1 unspecified atom stereocenters. The van der Waals surface area contributed by atoms with E-state index in [4.69, 9.17) is 16.3 Å². The highest BCUT2D eigenvalue weighted by atomic mass is 35.5. The first-order valence-electron chi connectivity index (χ1n) is 8.03. The Morgan fingerprint density at radius 1 is 1.04 bits per heavy atom. The molecule has 0 bridgehead atoms. The van der Waals surface area contributed by atoms with Crippen LogP contribution >= 0.6 is 11.6 Å². The monoisotopic (exact) mass is 339 g/mol. The summed E-state index contributed by atoms with van der Waals surface area (Å²) in [5.74, 6) is 0. The molecule has 0 aliphatic carbocycles. The van der Waals surface area contributed by atoms with Crippen LogP contribution in [0.3, 0.4) is 0 Å². The summed E-state index contributed by atoms with van der Waals surface area (Å²) >= 11 is 6.06. The maximum atomic E-state index is 6.06. The van der Waals surface area contributed by atoms with Crippen LogP contribution in [0.5, 0.6) is 0 Å². The Hall–Kier alpha value is -2.14. The molecule has 3 aromatic rings. The van der Waals surface area contributed by atoms with Crippen LogP contribution in [0.15, 0.2) is 54.6 Å². The molecule has 1 atom stereocenters. The molecule has 1 aromatic heterocycles. The molecule has 0 spiro atoms. The van der Waals surface area contributed by atoms with Gasteiger partial charge < -0.3 is 10.1 Å². The topological polar surface area (TPSA) is 49.9 Å². The van der Waals surface area contributed by atoms with Crippen LogP contribution in [-0.4, -0.2) is 29.9 Å². The van der Waals surface area contributed by atoms with Crippen molar-refractivity contribution in [2.45, 2.75) is 6.10 Å². The molecule has 2 heterocycles. The Labute approximate surface area is 145 Å².